The standard InChI is InChI=1S/C9H19NO5.C2H2O4/c1-2-3-10-4-6(12)8(14)9(15)7(13)5-11;3-1(4)2(5)6/h7-11,13-15H,2-5H2,1H3;(H,3,4)(H,5,6)/t7-,8-,9-;/m1./s1. The van der Waals surface area contributed by atoms with Gasteiger partial charge in [0.2, 0.25) is 0 Å². The Morgan fingerprint density at radius 2 is 1.52 bits per heavy atom. The highest BCUT2D eigenvalue weighted by Gasteiger charge is 2.29. The van der Waals surface area contributed by atoms with Crippen LogP contribution in [0.3, 0.4) is 0 Å². The molecule has 7 N–H and O–H groups in total. The molecule has 0 aromatic heterocycles. The van der Waals surface area contributed by atoms with Crippen molar-refractivity contribution in [1.29, 1.82) is 0 Å². The van der Waals surface area contributed by atoms with Gasteiger partial charge in [-0.2, -0.15) is 0 Å². The first-order valence-corrected chi connectivity index (χ1v) is 6.03. The van der Waals surface area contributed by atoms with E-state index in [1.54, 1.807) is 0 Å². The molecule has 0 spiro atoms. The van der Waals surface area contributed by atoms with Crippen molar-refractivity contribution in [2.24, 2.45) is 0 Å². The Kier molecular flexibility index (Phi) is 12.6. The van der Waals surface area contributed by atoms with Crippen molar-refractivity contribution in [3.8, 4) is 0 Å². The summed E-state index contributed by atoms with van der Waals surface area (Å²) in [7, 11) is 0. The molecule has 0 fully saturated rings. The quantitative estimate of drug-likeness (QED) is 0.178. The van der Waals surface area contributed by atoms with Crippen molar-refractivity contribution in [1.82, 2.24) is 5.32 Å². The SMILES string of the molecule is CCCNCC(=O)[C@@H](O)[C@H](O)[C@H](O)CO.O=C(O)C(=O)O. The molecule has 124 valence electrons. The van der Waals surface area contributed by atoms with Gasteiger partial charge < -0.3 is 36.0 Å². The summed E-state index contributed by atoms with van der Waals surface area (Å²) >= 11 is 0. The number of ketones is 1. The van der Waals surface area contributed by atoms with Crippen LogP contribution in [-0.2, 0) is 14.4 Å². The van der Waals surface area contributed by atoms with Gasteiger partial charge >= 0.3 is 11.9 Å². The van der Waals surface area contributed by atoms with Gasteiger partial charge in [0, 0.05) is 0 Å². The third-order valence-corrected chi connectivity index (χ3v) is 2.14. The van der Waals surface area contributed by atoms with E-state index in [9.17, 15) is 15.0 Å². The lowest BCUT2D eigenvalue weighted by Gasteiger charge is -2.20. The predicted octanol–water partition coefficient (Wildman–Crippen LogP) is -3.21. The number of aliphatic hydroxyl groups is 4. The number of carboxylic acid groups (broad SMARTS) is 2. The number of nitrogens with one attached hydrogen (secondary N) is 1. The summed E-state index contributed by atoms with van der Waals surface area (Å²) in [6.07, 6.45) is -3.97. The number of aliphatic carboxylic acids is 2. The maximum Gasteiger partial charge on any atom is 0.414 e. The molecule has 0 rings (SSSR count). The molecule has 0 amide bonds. The minimum absolute atomic E-state index is 0.0653. The largest absolute Gasteiger partial charge is 0.473 e. The molecule has 0 aliphatic heterocycles. The molecular weight excluding hydrogens is 290 g/mol. The normalized spacial score (nSPS) is 14.3. The second-order valence-corrected chi connectivity index (χ2v) is 3.94. The molecule has 0 aliphatic rings. The highest BCUT2D eigenvalue weighted by molar-refractivity contribution is 6.27. The molecule has 10 heteroatoms. The molecule has 0 saturated carbocycles. The number of hydrogen-bond donors (Lipinski definition) is 7. The number of rotatable bonds is 8. The first-order chi connectivity index (χ1) is 9.68. The summed E-state index contributed by atoms with van der Waals surface area (Å²) in [5.74, 6) is -4.26. The van der Waals surface area contributed by atoms with Crippen LogP contribution in [0.15, 0.2) is 0 Å². The fourth-order valence-corrected chi connectivity index (χ4v) is 1.00. The summed E-state index contributed by atoms with van der Waals surface area (Å²) in [4.78, 5) is 29.4. The van der Waals surface area contributed by atoms with Crippen LogP contribution in [0.5, 0.6) is 0 Å². The van der Waals surface area contributed by atoms with Gasteiger partial charge in [0.1, 0.15) is 18.3 Å². The lowest BCUT2D eigenvalue weighted by atomic mass is 10.0. The minimum atomic E-state index is -1.82. The zero-order valence-corrected chi connectivity index (χ0v) is 11.5. The van der Waals surface area contributed by atoms with Crippen molar-refractivity contribution >= 4 is 17.7 Å². The zero-order valence-electron chi connectivity index (χ0n) is 11.5. The number of aliphatic hydroxyl groups excluding tert-OH is 4. The number of hydrogen-bond acceptors (Lipinski definition) is 8. The number of carboxylic acids is 2. The highest BCUT2D eigenvalue weighted by atomic mass is 16.4. The topological polar surface area (TPSA) is 185 Å². The average molecular weight is 311 g/mol. The van der Waals surface area contributed by atoms with E-state index >= 15 is 0 Å². The van der Waals surface area contributed by atoms with Gasteiger partial charge in [0.05, 0.1) is 13.2 Å². The maximum atomic E-state index is 11.2. The van der Waals surface area contributed by atoms with Crippen LogP contribution in [0.1, 0.15) is 13.3 Å². The maximum absolute atomic E-state index is 11.2. The van der Waals surface area contributed by atoms with Crippen molar-refractivity contribution < 1.29 is 45.0 Å². The molecule has 10 nitrogen and oxygen atoms in total. The van der Waals surface area contributed by atoms with Crippen LogP contribution in [0.25, 0.3) is 0 Å². The summed E-state index contributed by atoms with van der Waals surface area (Å²) in [6, 6.07) is 0. The molecule has 0 radical (unpaired) electrons. The third-order valence-electron chi connectivity index (χ3n) is 2.14. The summed E-state index contributed by atoms with van der Waals surface area (Å²) < 4.78 is 0. The van der Waals surface area contributed by atoms with Crippen LogP contribution < -0.4 is 5.32 Å². The van der Waals surface area contributed by atoms with E-state index in [2.05, 4.69) is 5.32 Å². The van der Waals surface area contributed by atoms with E-state index < -0.39 is 42.6 Å². The Morgan fingerprint density at radius 1 is 1.05 bits per heavy atom. The average Bonchev–Trinajstić information content (AvgIpc) is 2.45. The fraction of sp³-hybridized carbons (Fsp3) is 0.727. The molecule has 0 aromatic carbocycles. The first-order valence-electron chi connectivity index (χ1n) is 6.03. The van der Waals surface area contributed by atoms with E-state index in [0.29, 0.717) is 6.54 Å². The molecule has 0 unspecified atom stereocenters. The minimum Gasteiger partial charge on any atom is -0.473 e. The molecule has 0 bridgehead atoms. The van der Waals surface area contributed by atoms with Gasteiger partial charge in [-0.3, -0.25) is 4.79 Å². The van der Waals surface area contributed by atoms with Crippen molar-refractivity contribution in [2.75, 3.05) is 19.7 Å². The van der Waals surface area contributed by atoms with E-state index in [4.69, 9.17) is 30.0 Å². The Bertz CT molecular complexity index is 322. The van der Waals surface area contributed by atoms with Crippen molar-refractivity contribution in [3.63, 3.8) is 0 Å². The van der Waals surface area contributed by atoms with Crippen LogP contribution in [-0.4, -0.2) is 86.4 Å². The van der Waals surface area contributed by atoms with Gasteiger partial charge in [-0.05, 0) is 13.0 Å². The van der Waals surface area contributed by atoms with Gasteiger partial charge in [0.15, 0.2) is 5.78 Å². The van der Waals surface area contributed by atoms with Crippen LogP contribution in [0.4, 0.5) is 0 Å². The monoisotopic (exact) mass is 311 g/mol. The molecule has 0 heterocycles. The van der Waals surface area contributed by atoms with Gasteiger partial charge in [-0.1, -0.05) is 6.92 Å². The Balaban J connectivity index is 0. The molecule has 3 atom stereocenters. The summed E-state index contributed by atoms with van der Waals surface area (Å²) in [6.45, 7) is 1.80. The van der Waals surface area contributed by atoms with Crippen molar-refractivity contribution in [2.45, 2.75) is 31.7 Å². The summed E-state index contributed by atoms with van der Waals surface area (Å²) in [5.41, 5.74) is 0. The van der Waals surface area contributed by atoms with E-state index in [0.717, 1.165) is 6.42 Å². The fourth-order valence-electron chi connectivity index (χ4n) is 1.00. The number of carbonyl (C=O) groups is 3. The second-order valence-electron chi connectivity index (χ2n) is 3.94. The Morgan fingerprint density at radius 3 is 1.86 bits per heavy atom. The molecule has 0 saturated heterocycles. The number of Topliss-reactive ketones (excluding diaryl/α,β-unsaturated/α-hetero) is 1. The Hall–Kier alpha value is -1.59. The van der Waals surface area contributed by atoms with Gasteiger partial charge in [-0.15, -0.1) is 0 Å². The van der Waals surface area contributed by atoms with Gasteiger partial charge in [0.25, 0.3) is 0 Å². The van der Waals surface area contributed by atoms with Crippen LogP contribution >= 0.6 is 0 Å². The van der Waals surface area contributed by atoms with E-state index in [-0.39, 0.29) is 6.54 Å². The van der Waals surface area contributed by atoms with Crippen molar-refractivity contribution in [3.05, 3.63) is 0 Å². The smallest absolute Gasteiger partial charge is 0.414 e. The molecule has 0 aliphatic carbocycles. The van der Waals surface area contributed by atoms with Crippen LogP contribution in [0, 0.1) is 0 Å². The molecule has 0 aromatic rings. The predicted molar refractivity (Wildman–Crippen MR) is 68.5 cm³/mol. The number of carbonyl (C=O) groups excluding carboxylic acids is 1. The van der Waals surface area contributed by atoms with E-state index in [1.807, 2.05) is 6.92 Å². The summed E-state index contributed by atoms with van der Waals surface area (Å²) in [5, 5.41) is 53.5. The Labute approximate surface area is 120 Å². The second kappa shape index (κ2) is 12.2. The lowest BCUT2D eigenvalue weighted by Crippen LogP contribution is -2.46. The third kappa shape index (κ3) is 10.8. The van der Waals surface area contributed by atoms with Crippen LogP contribution in [0.2, 0.25) is 0 Å². The molecular formula is C11H21NO9. The molecule has 21 heavy (non-hydrogen) atoms. The van der Waals surface area contributed by atoms with E-state index in [1.165, 1.54) is 0 Å². The first kappa shape index (κ1) is 21.7. The highest BCUT2D eigenvalue weighted by Crippen LogP contribution is 2.00. The van der Waals surface area contributed by atoms with Gasteiger partial charge in [-0.25, -0.2) is 9.59 Å². The lowest BCUT2D eigenvalue weighted by molar-refractivity contribution is -0.159. The zero-order chi connectivity index (χ0) is 17.0.